The van der Waals surface area contributed by atoms with Crippen molar-refractivity contribution in [2.45, 2.75) is 40.2 Å². The molecule has 2 heterocycles. The normalized spacial score (nSPS) is 15.3. The van der Waals surface area contributed by atoms with Crippen LogP contribution in [-0.2, 0) is 16.0 Å². The standard InChI is InChI=1S/C29H30N2O4S/c1-6-9-22-16-20(12-15-23(22)34-7-2)17-24-27(32)31-26(21-13-10-18(4)11-14-21)25(28(33)35-8-3)19(5)30-29(31)36-24/h6,10-17,26H,1,7-9H2,2-5H3/b24-17+/t26-/m0/s1. The third kappa shape index (κ3) is 4.97. The molecule has 0 fully saturated rings. The maximum atomic E-state index is 13.7. The second-order valence-electron chi connectivity index (χ2n) is 8.51. The first-order valence-electron chi connectivity index (χ1n) is 12.0. The fourth-order valence-electron chi connectivity index (χ4n) is 4.31. The molecule has 1 atom stereocenters. The summed E-state index contributed by atoms with van der Waals surface area (Å²) in [7, 11) is 0. The van der Waals surface area contributed by atoms with Crippen LogP contribution in [0.4, 0.5) is 0 Å². The van der Waals surface area contributed by atoms with Crippen molar-refractivity contribution in [3.8, 4) is 5.75 Å². The highest BCUT2D eigenvalue weighted by atomic mass is 32.1. The van der Waals surface area contributed by atoms with Gasteiger partial charge < -0.3 is 9.47 Å². The molecule has 3 aromatic rings. The molecule has 0 saturated carbocycles. The molecule has 186 valence electrons. The highest BCUT2D eigenvalue weighted by Gasteiger charge is 2.33. The van der Waals surface area contributed by atoms with Gasteiger partial charge in [-0.15, -0.1) is 6.58 Å². The lowest BCUT2D eigenvalue weighted by Gasteiger charge is -2.24. The lowest BCUT2D eigenvalue weighted by Crippen LogP contribution is -2.39. The minimum Gasteiger partial charge on any atom is -0.494 e. The summed E-state index contributed by atoms with van der Waals surface area (Å²) in [5.41, 5.74) is 4.56. The van der Waals surface area contributed by atoms with Crippen LogP contribution < -0.4 is 19.6 Å². The number of aromatic nitrogens is 1. The van der Waals surface area contributed by atoms with Crippen molar-refractivity contribution in [2.75, 3.05) is 13.2 Å². The molecule has 2 aromatic carbocycles. The monoisotopic (exact) mass is 502 g/mol. The van der Waals surface area contributed by atoms with Crippen molar-refractivity contribution in [3.63, 3.8) is 0 Å². The number of ether oxygens (including phenoxy) is 2. The van der Waals surface area contributed by atoms with E-state index < -0.39 is 12.0 Å². The first-order chi connectivity index (χ1) is 17.4. The fraction of sp³-hybridized carbons (Fsp3) is 0.276. The highest BCUT2D eigenvalue weighted by molar-refractivity contribution is 7.07. The second-order valence-corrected chi connectivity index (χ2v) is 9.52. The van der Waals surface area contributed by atoms with Crippen LogP contribution in [0.2, 0.25) is 0 Å². The molecule has 4 rings (SSSR count). The van der Waals surface area contributed by atoms with Crippen LogP contribution in [0, 0.1) is 6.92 Å². The molecule has 0 amide bonds. The number of allylic oxidation sites excluding steroid dienone is 2. The molecular weight excluding hydrogens is 472 g/mol. The van der Waals surface area contributed by atoms with Crippen LogP contribution in [0.3, 0.4) is 0 Å². The second kappa shape index (κ2) is 10.9. The van der Waals surface area contributed by atoms with Gasteiger partial charge in [-0.3, -0.25) is 9.36 Å². The average molecular weight is 503 g/mol. The Morgan fingerprint density at radius 2 is 1.89 bits per heavy atom. The van der Waals surface area contributed by atoms with Crippen molar-refractivity contribution >= 4 is 23.4 Å². The summed E-state index contributed by atoms with van der Waals surface area (Å²) in [6.45, 7) is 12.2. The Labute approximate surface area is 214 Å². The molecule has 0 unspecified atom stereocenters. The molecule has 36 heavy (non-hydrogen) atoms. The van der Waals surface area contributed by atoms with Crippen LogP contribution in [0.5, 0.6) is 5.75 Å². The number of carbonyl (C=O) groups is 1. The number of benzene rings is 2. The molecule has 0 aliphatic carbocycles. The first-order valence-corrected chi connectivity index (χ1v) is 12.8. The largest absolute Gasteiger partial charge is 0.494 e. The molecule has 0 bridgehead atoms. The third-order valence-corrected chi connectivity index (χ3v) is 6.94. The van der Waals surface area contributed by atoms with E-state index in [0.717, 1.165) is 28.0 Å². The highest BCUT2D eigenvalue weighted by Crippen LogP contribution is 2.31. The quantitative estimate of drug-likeness (QED) is 0.341. The molecule has 0 spiro atoms. The summed E-state index contributed by atoms with van der Waals surface area (Å²) in [6.07, 6.45) is 4.35. The van der Waals surface area contributed by atoms with E-state index in [9.17, 15) is 9.59 Å². The van der Waals surface area contributed by atoms with Gasteiger partial charge in [0.25, 0.3) is 5.56 Å². The minimum absolute atomic E-state index is 0.197. The smallest absolute Gasteiger partial charge is 0.338 e. The van der Waals surface area contributed by atoms with Gasteiger partial charge in [-0.2, -0.15) is 0 Å². The van der Waals surface area contributed by atoms with E-state index in [1.807, 2.05) is 68.5 Å². The van der Waals surface area contributed by atoms with Crippen LogP contribution in [0.1, 0.15) is 49.1 Å². The van der Waals surface area contributed by atoms with Crippen molar-refractivity contribution in [3.05, 3.63) is 108 Å². The number of hydrogen-bond donors (Lipinski definition) is 0. The van der Waals surface area contributed by atoms with E-state index in [4.69, 9.17) is 9.47 Å². The Balaban J connectivity index is 1.89. The van der Waals surface area contributed by atoms with E-state index in [1.165, 1.54) is 11.3 Å². The number of rotatable bonds is 8. The zero-order valence-corrected chi connectivity index (χ0v) is 21.9. The van der Waals surface area contributed by atoms with Gasteiger partial charge in [-0.25, -0.2) is 9.79 Å². The predicted molar refractivity (Wildman–Crippen MR) is 143 cm³/mol. The summed E-state index contributed by atoms with van der Waals surface area (Å²) < 4.78 is 13.2. The Morgan fingerprint density at radius 3 is 2.56 bits per heavy atom. The Bertz CT molecular complexity index is 1510. The number of esters is 1. The lowest BCUT2D eigenvalue weighted by atomic mass is 9.95. The van der Waals surface area contributed by atoms with Gasteiger partial charge >= 0.3 is 5.97 Å². The number of nitrogens with zero attached hydrogens (tertiary/aromatic N) is 2. The summed E-state index contributed by atoms with van der Waals surface area (Å²) >= 11 is 1.31. The van der Waals surface area contributed by atoms with Gasteiger partial charge in [0, 0.05) is 0 Å². The van der Waals surface area contributed by atoms with E-state index in [1.54, 1.807) is 18.4 Å². The van der Waals surface area contributed by atoms with E-state index in [-0.39, 0.29) is 12.2 Å². The number of aryl methyl sites for hydroxylation is 1. The lowest BCUT2D eigenvalue weighted by molar-refractivity contribution is -0.139. The molecule has 0 saturated heterocycles. The minimum atomic E-state index is -0.611. The van der Waals surface area contributed by atoms with Crippen LogP contribution >= 0.6 is 11.3 Å². The van der Waals surface area contributed by atoms with E-state index >= 15 is 0 Å². The molecule has 1 aliphatic rings. The van der Waals surface area contributed by atoms with Gasteiger partial charge in [0.1, 0.15) is 5.75 Å². The predicted octanol–water partition coefficient (Wildman–Crippen LogP) is 4.23. The van der Waals surface area contributed by atoms with Crippen molar-refractivity contribution in [1.29, 1.82) is 0 Å². The zero-order chi connectivity index (χ0) is 25.8. The topological polar surface area (TPSA) is 69.9 Å². The number of hydrogen-bond acceptors (Lipinski definition) is 6. The molecule has 1 aromatic heterocycles. The van der Waals surface area contributed by atoms with Gasteiger partial charge in [-0.1, -0.05) is 53.3 Å². The van der Waals surface area contributed by atoms with Crippen molar-refractivity contribution < 1.29 is 14.3 Å². The number of fused-ring (bicyclic) bond motifs is 1. The third-order valence-electron chi connectivity index (χ3n) is 5.96. The zero-order valence-electron chi connectivity index (χ0n) is 21.0. The van der Waals surface area contributed by atoms with Crippen LogP contribution in [0.25, 0.3) is 6.08 Å². The Hall–Kier alpha value is -3.71. The average Bonchev–Trinajstić information content (AvgIpc) is 3.15. The van der Waals surface area contributed by atoms with Crippen LogP contribution in [0.15, 0.2) is 76.2 Å². The van der Waals surface area contributed by atoms with Crippen molar-refractivity contribution in [1.82, 2.24) is 4.57 Å². The van der Waals surface area contributed by atoms with Crippen molar-refractivity contribution in [2.24, 2.45) is 4.99 Å². The number of thiazole rings is 1. The fourth-order valence-corrected chi connectivity index (χ4v) is 5.35. The molecule has 1 aliphatic heterocycles. The van der Waals surface area contributed by atoms with Gasteiger partial charge in [0.05, 0.1) is 35.1 Å². The number of carbonyl (C=O) groups excluding carboxylic acids is 1. The van der Waals surface area contributed by atoms with Gasteiger partial charge in [0.15, 0.2) is 4.80 Å². The molecule has 7 heteroatoms. The molecular formula is C29H30N2O4S. The molecule has 0 radical (unpaired) electrons. The van der Waals surface area contributed by atoms with Gasteiger partial charge in [-0.05, 0) is 69.0 Å². The van der Waals surface area contributed by atoms with Crippen LogP contribution in [-0.4, -0.2) is 23.8 Å². The molecule has 0 N–H and O–H groups in total. The van der Waals surface area contributed by atoms with E-state index in [0.29, 0.717) is 33.6 Å². The maximum absolute atomic E-state index is 13.7. The first kappa shape index (κ1) is 25.4. The molecule has 6 nitrogen and oxygen atoms in total. The maximum Gasteiger partial charge on any atom is 0.338 e. The summed E-state index contributed by atoms with van der Waals surface area (Å²) in [4.78, 5) is 31.9. The summed E-state index contributed by atoms with van der Waals surface area (Å²) in [5.74, 6) is 0.351. The van der Waals surface area contributed by atoms with Gasteiger partial charge in [0.2, 0.25) is 0 Å². The Morgan fingerprint density at radius 1 is 1.14 bits per heavy atom. The summed E-state index contributed by atoms with van der Waals surface area (Å²) in [6, 6.07) is 13.1. The SMILES string of the molecule is C=CCc1cc(/C=c2/sc3n(c2=O)[C@@H](c2ccc(C)cc2)C(C(=O)OCC)=C(C)N=3)ccc1OCC. The Kier molecular flexibility index (Phi) is 7.70. The summed E-state index contributed by atoms with van der Waals surface area (Å²) in [5, 5.41) is 0. The van der Waals surface area contributed by atoms with E-state index in [2.05, 4.69) is 11.6 Å².